The van der Waals surface area contributed by atoms with Gasteiger partial charge in [-0.1, -0.05) is 99.7 Å². The maximum atomic E-state index is 13.2. The normalized spacial score (nSPS) is 17.8. The van der Waals surface area contributed by atoms with Crippen LogP contribution in [0.5, 0.6) is 0 Å². The molecule has 35 heavy (non-hydrogen) atoms. The van der Waals surface area contributed by atoms with E-state index in [1.165, 1.54) is 11.8 Å². The number of thioether (sulfide) groups is 1. The molecule has 1 aliphatic carbocycles. The zero-order chi connectivity index (χ0) is 25.3. The first-order valence-corrected chi connectivity index (χ1v) is 14.1. The van der Waals surface area contributed by atoms with Gasteiger partial charge in [0.25, 0.3) is 0 Å². The number of Topliss-reactive ketones (excluding diaryl/α,β-unsaturated/α-hetero) is 1. The van der Waals surface area contributed by atoms with Crippen LogP contribution in [0.3, 0.4) is 0 Å². The number of ketones is 1. The highest BCUT2D eigenvalue weighted by molar-refractivity contribution is 8.04. The summed E-state index contributed by atoms with van der Waals surface area (Å²) in [6, 6.07) is 9.98. The van der Waals surface area contributed by atoms with Crippen LogP contribution >= 0.6 is 11.8 Å². The third-order valence-electron chi connectivity index (χ3n) is 6.05. The number of ether oxygens (including phenoxy) is 1. The minimum absolute atomic E-state index is 0.0842. The number of carbonyl (C=O) groups excluding carboxylic acids is 2. The molecule has 2 atom stereocenters. The summed E-state index contributed by atoms with van der Waals surface area (Å²) in [7, 11) is 0. The number of allylic oxidation sites excluding steroid dienone is 5. The second-order valence-corrected chi connectivity index (χ2v) is 10.1. The van der Waals surface area contributed by atoms with Crippen molar-refractivity contribution in [2.24, 2.45) is 5.92 Å². The van der Waals surface area contributed by atoms with E-state index in [0.717, 1.165) is 79.6 Å². The lowest BCUT2D eigenvalue weighted by Gasteiger charge is -2.08. The molecule has 1 N–H and O–H groups in total. The number of unbranched alkanes of at least 4 members (excludes halogenated alkanes) is 7. The van der Waals surface area contributed by atoms with Gasteiger partial charge in [0.1, 0.15) is 0 Å². The smallest absolute Gasteiger partial charge is 0.305 e. The van der Waals surface area contributed by atoms with Crippen molar-refractivity contribution in [3.8, 4) is 0 Å². The molecule has 0 aliphatic heterocycles. The molecule has 192 valence electrons. The Labute approximate surface area is 215 Å². The summed E-state index contributed by atoms with van der Waals surface area (Å²) in [5.41, 5.74) is 0.822. The van der Waals surface area contributed by atoms with Crippen molar-refractivity contribution in [3.63, 3.8) is 0 Å². The Hall–Kier alpha value is -2.11. The van der Waals surface area contributed by atoms with E-state index in [0.29, 0.717) is 13.0 Å². The highest BCUT2D eigenvalue weighted by atomic mass is 32.2. The Balaban J connectivity index is 1.90. The molecule has 0 saturated heterocycles. The van der Waals surface area contributed by atoms with Crippen molar-refractivity contribution in [3.05, 3.63) is 65.1 Å². The molecule has 0 amide bonds. The van der Waals surface area contributed by atoms with Crippen molar-refractivity contribution in [1.29, 1.82) is 0 Å². The van der Waals surface area contributed by atoms with Gasteiger partial charge in [0.05, 0.1) is 17.6 Å². The maximum absolute atomic E-state index is 13.2. The molecule has 0 saturated carbocycles. The van der Waals surface area contributed by atoms with E-state index in [1.807, 2.05) is 55.5 Å². The van der Waals surface area contributed by atoms with Gasteiger partial charge in [-0.05, 0) is 44.7 Å². The van der Waals surface area contributed by atoms with Crippen molar-refractivity contribution >= 4 is 23.5 Å². The lowest BCUT2D eigenvalue weighted by molar-refractivity contribution is -0.143. The number of rotatable bonds is 17. The molecule has 1 aliphatic rings. The van der Waals surface area contributed by atoms with Gasteiger partial charge < -0.3 is 9.84 Å². The van der Waals surface area contributed by atoms with E-state index in [9.17, 15) is 14.7 Å². The molecular weight excluding hydrogens is 456 g/mol. The SMILES string of the molecule is CCCCCC(O)C=CC1C=C(Sc2ccccc2)C(=O)C1=CCCCCCCCC(=O)OCC. The lowest BCUT2D eigenvalue weighted by atomic mass is 9.98. The summed E-state index contributed by atoms with van der Waals surface area (Å²) >= 11 is 1.51. The van der Waals surface area contributed by atoms with Crippen LogP contribution in [0.25, 0.3) is 0 Å². The lowest BCUT2D eigenvalue weighted by Crippen LogP contribution is -2.05. The summed E-state index contributed by atoms with van der Waals surface area (Å²) in [4.78, 5) is 26.4. The standard InChI is InChI=1S/C30H42O4S/c1-3-5-11-16-25(31)22-21-24-23-28(35-26-17-12-10-13-18-26)30(33)27(24)19-14-8-6-7-9-15-20-29(32)34-4-2/h10,12-13,17-19,21-25,31H,3-9,11,14-16,20H2,1-2H3. The van der Waals surface area contributed by atoms with E-state index >= 15 is 0 Å². The number of aliphatic hydroxyl groups is 1. The Morgan fingerprint density at radius 3 is 2.54 bits per heavy atom. The topological polar surface area (TPSA) is 63.6 Å². The molecule has 2 rings (SSSR count). The quantitative estimate of drug-likeness (QED) is 0.104. The molecule has 0 heterocycles. The Morgan fingerprint density at radius 1 is 1.06 bits per heavy atom. The van der Waals surface area contributed by atoms with Crippen molar-refractivity contribution in [2.75, 3.05) is 6.61 Å². The first kappa shape index (κ1) is 29.1. The zero-order valence-corrected chi connectivity index (χ0v) is 22.2. The second-order valence-electron chi connectivity index (χ2n) is 9.02. The van der Waals surface area contributed by atoms with E-state index < -0.39 is 6.10 Å². The molecule has 4 nitrogen and oxygen atoms in total. The van der Waals surface area contributed by atoms with Crippen LogP contribution in [0.1, 0.15) is 84.5 Å². The Bertz CT molecular complexity index is 856. The molecule has 0 aromatic heterocycles. The van der Waals surface area contributed by atoms with Gasteiger partial charge in [0.15, 0.2) is 5.78 Å². The van der Waals surface area contributed by atoms with E-state index in [-0.39, 0.29) is 17.7 Å². The molecule has 2 unspecified atom stereocenters. The maximum Gasteiger partial charge on any atom is 0.305 e. The monoisotopic (exact) mass is 498 g/mol. The zero-order valence-electron chi connectivity index (χ0n) is 21.4. The van der Waals surface area contributed by atoms with Crippen LogP contribution in [0, 0.1) is 5.92 Å². The third-order valence-corrected chi connectivity index (χ3v) is 7.09. The summed E-state index contributed by atoms with van der Waals surface area (Å²) in [5.74, 6) is -0.0919. The summed E-state index contributed by atoms with van der Waals surface area (Å²) in [6.45, 7) is 4.43. The minimum Gasteiger partial charge on any atom is -0.466 e. The number of esters is 1. The molecule has 1 aromatic carbocycles. The molecule has 0 radical (unpaired) electrons. The number of hydrogen-bond donors (Lipinski definition) is 1. The van der Waals surface area contributed by atoms with Crippen LogP contribution in [0.4, 0.5) is 0 Å². The average molecular weight is 499 g/mol. The molecule has 1 aromatic rings. The molecule has 0 spiro atoms. The van der Waals surface area contributed by atoms with Gasteiger partial charge in [0, 0.05) is 22.8 Å². The predicted octanol–water partition coefficient (Wildman–Crippen LogP) is 7.58. The first-order valence-electron chi connectivity index (χ1n) is 13.3. The van der Waals surface area contributed by atoms with Crippen molar-refractivity contribution < 1.29 is 19.4 Å². The molecule has 5 heteroatoms. The first-order chi connectivity index (χ1) is 17.0. The molecular formula is C30H42O4S. The second kappa shape index (κ2) is 17.3. The van der Waals surface area contributed by atoms with Crippen LogP contribution in [-0.4, -0.2) is 29.6 Å². The van der Waals surface area contributed by atoms with Crippen LogP contribution in [-0.2, 0) is 14.3 Å². The summed E-state index contributed by atoms with van der Waals surface area (Å²) in [5, 5.41) is 10.3. The van der Waals surface area contributed by atoms with Gasteiger partial charge in [-0.2, -0.15) is 0 Å². The Morgan fingerprint density at radius 2 is 1.80 bits per heavy atom. The highest BCUT2D eigenvalue weighted by Gasteiger charge is 2.28. The number of aliphatic hydroxyl groups excluding tert-OH is 1. The highest BCUT2D eigenvalue weighted by Crippen LogP contribution is 2.38. The van der Waals surface area contributed by atoms with Gasteiger partial charge in [-0.25, -0.2) is 0 Å². The van der Waals surface area contributed by atoms with Crippen molar-refractivity contribution in [2.45, 2.75) is 95.5 Å². The van der Waals surface area contributed by atoms with Crippen LogP contribution in [0.15, 0.2) is 70.0 Å². The van der Waals surface area contributed by atoms with Gasteiger partial charge in [-0.15, -0.1) is 0 Å². The Kier molecular flexibility index (Phi) is 14.4. The number of benzene rings is 1. The summed E-state index contributed by atoms with van der Waals surface area (Å²) < 4.78 is 4.96. The fraction of sp³-hybridized carbons (Fsp3) is 0.533. The van der Waals surface area contributed by atoms with E-state index in [4.69, 9.17) is 4.74 Å². The molecule has 0 fully saturated rings. The number of carbonyl (C=O) groups is 2. The summed E-state index contributed by atoms with van der Waals surface area (Å²) in [6.07, 6.45) is 18.0. The fourth-order valence-electron chi connectivity index (χ4n) is 4.09. The van der Waals surface area contributed by atoms with E-state index in [2.05, 4.69) is 13.0 Å². The largest absolute Gasteiger partial charge is 0.466 e. The van der Waals surface area contributed by atoms with Crippen molar-refractivity contribution in [1.82, 2.24) is 0 Å². The van der Waals surface area contributed by atoms with Crippen LogP contribution in [0.2, 0.25) is 0 Å². The predicted molar refractivity (Wildman–Crippen MR) is 145 cm³/mol. The van der Waals surface area contributed by atoms with E-state index in [1.54, 1.807) is 0 Å². The minimum atomic E-state index is -0.466. The third kappa shape index (κ3) is 11.4. The van der Waals surface area contributed by atoms with Gasteiger partial charge in [-0.3, -0.25) is 9.59 Å². The van der Waals surface area contributed by atoms with Crippen LogP contribution < -0.4 is 0 Å². The van der Waals surface area contributed by atoms with Gasteiger partial charge >= 0.3 is 5.97 Å². The molecule has 0 bridgehead atoms. The van der Waals surface area contributed by atoms with Gasteiger partial charge in [0.2, 0.25) is 0 Å². The average Bonchev–Trinajstić information content (AvgIpc) is 3.14. The number of hydrogen-bond acceptors (Lipinski definition) is 5. The fourth-order valence-corrected chi connectivity index (χ4v) is 5.06.